The molecule has 0 fully saturated rings. The summed E-state index contributed by atoms with van der Waals surface area (Å²) in [5.74, 6) is 2.06. The van der Waals surface area contributed by atoms with Crippen molar-refractivity contribution < 1.29 is 0 Å². The molecule has 0 aliphatic rings. The predicted octanol–water partition coefficient (Wildman–Crippen LogP) is 2.74. The van der Waals surface area contributed by atoms with Crippen LogP contribution in [0, 0.1) is 0 Å². The van der Waals surface area contributed by atoms with Crippen molar-refractivity contribution >= 4 is 11.8 Å². The molecule has 0 bridgehead atoms. The molecule has 1 N–H and O–H groups in total. The van der Waals surface area contributed by atoms with Crippen LogP contribution in [0.2, 0.25) is 0 Å². The third kappa shape index (κ3) is 4.36. The van der Waals surface area contributed by atoms with E-state index >= 15 is 0 Å². The second kappa shape index (κ2) is 7.31. The van der Waals surface area contributed by atoms with Gasteiger partial charge in [-0.3, -0.25) is 0 Å². The molecule has 5 heteroatoms. The molecule has 0 atom stereocenters. The van der Waals surface area contributed by atoms with E-state index in [2.05, 4.69) is 53.5 Å². The second-order valence-corrected chi connectivity index (χ2v) is 5.72. The lowest BCUT2D eigenvalue weighted by atomic mass is 10.4. The van der Waals surface area contributed by atoms with Gasteiger partial charge in [-0.05, 0) is 26.0 Å². The molecule has 1 aromatic heterocycles. The highest BCUT2D eigenvalue weighted by atomic mass is 32.2. The fourth-order valence-corrected chi connectivity index (χ4v) is 2.62. The van der Waals surface area contributed by atoms with Crippen LogP contribution in [0.1, 0.15) is 25.7 Å². The smallest absolute Gasteiger partial charge is 0.141 e. The highest BCUT2D eigenvalue weighted by Gasteiger charge is 2.06. The van der Waals surface area contributed by atoms with Gasteiger partial charge < -0.3 is 5.32 Å². The van der Waals surface area contributed by atoms with Crippen molar-refractivity contribution in [1.29, 1.82) is 0 Å². The summed E-state index contributed by atoms with van der Waals surface area (Å²) in [7, 11) is 0. The van der Waals surface area contributed by atoms with Crippen LogP contribution in [0.25, 0.3) is 0 Å². The fourth-order valence-electron chi connectivity index (χ4n) is 1.79. The summed E-state index contributed by atoms with van der Waals surface area (Å²) < 4.78 is 1.96. The predicted molar refractivity (Wildman–Crippen MR) is 79.3 cm³/mol. The highest BCUT2D eigenvalue weighted by molar-refractivity contribution is 7.99. The summed E-state index contributed by atoms with van der Waals surface area (Å²) in [6.45, 7) is 5.96. The molecule has 0 spiro atoms. The maximum absolute atomic E-state index is 4.28. The van der Waals surface area contributed by atoms with Gasteiger partial charge in [-0.2, -0.15) is 5.10 Å². The molecule has 19 heavy (non-hydrogen) atoms. The van der Waals surface area contributed by atoms with Crippen LogP contribution in [0.3, 0.4) is 0 Å². The Hall–Kier alpha value is -1.33. The zero-order valence-electron chi connectivity index (χ0n) is 11.4. The number of aromatic nitrogens is 3. The molecule has 0 amide bonds. The minimum Gasteiger partial charge on any atom is -0.309 e. The van der Waals surface area contributed by atoms with Gasteiger partial charge in [-0.1, -0.05) is 18.2 Å². The van der Waals surface area contributed by atoms with Crippen molar-refractivity contribution in [3.63, 3.8) is 0 Å². The molecule has 1 aromatic carbocycles. The Labute approximate surface area is 118 Å². The van der Waals surface area contributed by atoms with Crippen LogP contribution in [0.4, 0.5) is 0 Å². The third-order valence-corrected chi connectivity index (χ3v) is 3.72. The van der Waals surface area contributed by atoms with Gasteiger partial charge in [0.05, 0.1) is 6.54 Å². The Morgan fingerprint density at radius 2 is 2.05 bits per heavy atom. The van der Waals surface area contributed by atoms with Crippen LogP contribution in [0.15, 0.2) is 41.6 Å². The minimum atomic E-state index is 0.359. The molecule has 2 aromatic rings. The second-order valence-electron chi connectivity index (χ2n) is 4.55. The van der Waals surface area contributed by atoms with Crippen LogP contribution < -0.4 is 5.32 Å². The zero-order valence-corrected chi connectivity index (χ0v) is 12.2. The van der Waals surface area contributed by atoms with Gasteiger partial charge in [0.2, 0.25) is 0 Å². The molecule has 0 radical (unpaired) electrons. The van der Waals surface area contributed by atoms with Crippen LogP contribution in [0.5, 0.6) is 0 Å². The van der Waals surface area contributed by atoms with Crippen LogP contribution in [-0.2, 0) is 6.54 Å². The number of hydrogen-bond acceptors (Lipinski definition) is 4. The number of thioether (sulfide) groups is 1. The lowest BCUT2D eigenvalue weighted by molar-refractivity contribution is 0.493. The first-order valence-electron chi connectivity index (χ1n) is 6.54. The monoisotopic (exact) mass is 276 g/mol. The molecular weight excluding hydrogens is 256 g/mol. The Bertz CT molecular complexity index is 481. The van der Waals surface area contributed by atoms with Crippen LogP contribution in [-0.4, -0.2) is 27.1 Å². The average molecular weight is 276 g/mol. The van der Waals surface area contributed by atoms with Gasteiger partial charge in [-0.25, -0.2) is 9.67 Å². The Balaban J connectivity index is 1.68. The molecule has 1 heterocycles. The van der Waals surface area contributed by atoms with Crippen molar-refractivity contribution in [3.05, 3.63) is 42.5 Å². The molecule has 102 valence electrons. The molecular formula is C14H20N4S. The average Bonchev–Trinajstić information content (AvgIpc) is 2.88. The lowest BCUT2D eigenvalue weighted by Gasteiger charge is -2.09. The molecule has 0 aliphatic heterocycles. The first-order valence-corrected chi connectivity index (χ1v) is 7.53. The van der Waals surface area contributed by atoms with E-state index in [-0.39, 0.29) is 0 Å². The Morgan fingerprint density at radius 1 is 1.26 bits per heavy atom. The molecule has 4 nitrogen and oxygen atoms in total. The maximum Gasteiger partial charge on any atom is 0.141 e. The zero-order chi connectivity index (χ0) is 13.5. The van der Waals surface area contributed by atoms with Crippen molar-refractivity contribution in [3.8, 4) is 0 Å². The summed E-state index contributed by atoms with van der Waals surface area (Å²) in [5.41, 5.74) is 0. The first-order chi connectivity index (χ1) is 9.27. The molecule has 0 saturated heterocycles. The van der Waals surface area contributed by atoms with E-state index in [0.29, 0.717) is 6.04 Å². The topological polar surface area (TPSA) is 42.7 Å². The maximum atomic E-state index is 4.28. The van der Waals surface area contributed by atoms with Gasteiger partial charge in [0, 0.05) is 23.2 Å². The van der Waals surface area contributed by atoms with Crippen molar-refractivity contribution in [2.24, 2.45) is 0 Å². The van der Waals surface area contributed by atoms with E-state index < -0.39 is 0 Å². The van der Waals surface area contributed by atoms with Gasteiger partial charge in [0.15, 0.2) is 0 Å². The fraction of sp³-hybridized carbons (Fsp3) is 0.429. The highest BCUT2D eigenvalue weighted by Crippen LogP contribution is 2.15. The summed E-state index contributed by atoms with van der Waals surface area (Å²) >= 11 is 1.86. The molecule has 0 unspecified atom stereocenters. The van der Waals surface area contributed by atoms with E-state index in [1.165, 1.54) is 4.90 Å². The van der Waals surface area contributed by atoms with E-state index in [1.54, 1.807) is 6.33 Å². The number of rotatable bonds is 7. The summed E-state index contributed by atoms with van der Waals surface area (Å²) in [6, 6.07) is 10.8. The van der Waals surface area contributed by atoms with E-state index in [0.717, 1.165) is 24.7 Å². The first kappa shape index (κ1) is 14.1. The molecule has 0 aliphatic carbocycles. The molecule has 0 saturated carbocycles. The molecule has 2 rings (SSSR count). The quantitative estimate of drug-likeness (QED) is 0.624. The summed E-state index contributed by atoms with van der Waals surface area (Å²) in [6.07, 6.45) is 1.62. The van der Waals surface area contributed by atoms with E-state index in [1.807, 2.05) is 22.5 Å². The third-order valence-electron chi connectivity index (χ3n) is 2.71. The number of hydrogen-bond donors (Lipinski definition) is 1. The summed E-state index contributed by atoms with van der Waals surface area (Å²) in [5, 5.41) is 7.63. The largest absolute Gasteiger partial charge is 0.309 e. The lowest BCUT2D eigenvalue weighted by Crippen LogP contribution is -2.20. The van der Waals surface area contributed by atoms with E-state index in [9.17, 15) is 0 Å². The SMILES string of the molecule is CC(C)n1ncnc1CNCCSc1ccccc1. The normalized spacial score (nSPS) is 11.1. The van der Waals surface area contributed by atoms with Crippen molar-refractivity contribution in [1.82, 2.24) is 20.1 Å². The van der Waals surface area contributed by atoms with Gasteiger partial charge in [-0.15, -0.1) is 11.8 Å². The number of nitrogens with one attached hydrogen (secondary N) is 1. The Morgan fingerprint density at radius 3 is 2.79 bits per heavy atom. The van der Waals surface area contributed by atoms with Crippen LogP contribution >= 0.6 is 11.8 Å². The van der Waals surface area contributed by atoms with Gasteiger partial charge in [0.25, 0.3) is 0 Å². The minimum absolute atomic E-state index is 0.359. The van der Waals surface area contributed by atoms with Crippen molar-refractivity contribution in [2.45, 2.75) is 31.3 Å². The Kier molecular flexibility index (Phi) is 5.42. The van der Waals surface area contributed by atoms with E-state index in [4.69, 9.17) is 0 Å². The van der Waals surface area contributed by atoms with Crippen molar-refractivity contribution in [2.75, 3.05) is 12.3 Å². The number of benzene rings is 1. The summed E-state index contributed by atoms with van der Waals surface area (Å²) in [4.78, 5) is 5.59. The number of nitrogens with zero attached hydrogens (tertiary/aromatic N) is 3. The standard InChI is InChI=1S/C14H20N4S/c1-12(2)18-14(16-11-17-18)10-15-8-9-19-13-6-4-3-5-7-13/h3-7,11-12,15H,8-10H2,1-2H3. The van der Waals surface area contributed by atoms with Gasteiger partial charge in [0.1, 0.15) is 12.2 Å². The van der Waals surface area contributed by atoms with Gasteiger partial charge >= 0.3 is 0 Å².